The average molecular weight is 254 g/mol. The molecule has 0 heterocycles. The molecule has 17 heavy (non-hydrogen) atoms. The summed E-state index contributed by atoms with van der Waals surface area (Å²) in [5.41, 5.74) is 1.20. The predicted octanol–water partition coefficient (Wildman–Crippen LogP) is 3.66. The molecular formula is C14H26N2S. The molecule has 1 aliphatic carbocycles. The van der Waals surface area contributed by atoms with Crippen molar-refractivity contribution in [2.75, 3.05) is 0 Å². The molecule has 98 valence electrons. The van der Waals surface area contributed by atoms with E-state index in [1.807, 2.05) is 18.1 Å². The Balaban J connectivity index is 2.57. The summed E-state index contributed by atoms with van der Waals surface area (Å²) in [7, 11) is 0. The standard InChI is InChI=1S/C14H26N2S/c1-4-12(14(2,3)17)10-11-16(15)13-8-6-5-7-9-13/h4,10-11,13,17H,5-9,15H2,1-3H3/b11-10-,12-4+. The Morgan fingerprint density at radius 2 is 1.88 bits per heavy atom. The highest BCUT2D eigenvalue weighted by atomic mass is 32.1. The SMILES string of the molecule is C/C=C(\C=C/N(N)C1CCCCC1)C(C)(C)S. The molecule has 0 aromatic heterocycles. The minimum Gasteiger partial charge on any atom is -0.315 e. The van der Waals surface area contributed by atoms with Gasteiger partial charge in [0.05, 0.1) is 0 Å². The van der Waals surface area contributed by atoms with E-state index in [0.29, 0.717) is 6.04 Å². The van der Waals surface area contributed by atoms with Crippen LogP contribution >= 0.6 is 12.6 Å². The Bertz CT molecular complexity index is 283. The van der Waals surface area contributed by atoms with Gasteiger partial charge in [0.1, 0.15) is 0 Å². The third-order valence-corrected chi connectivity index (χ3v) is 3.70. The Morgan fingerprint density at radius 1 is 1.29 bits per heavy atom. The van der Waals surface area contributed by atoms with Gasteiger partial charge < -0.3 is 5.01 Å². The zero-order valence-electron chi connectivity index (χ0n) is 11.3. The van der Waals surface area contributed by atoms with Crippen molar-refractivity contribution in [3.8, 4) is 0 Å². The molecule has 1 saturated carbocycles. The predicted molar refractivity (Wildman–Crippen MR) is 78.9 cm³/mol. The summed E-state index contributed by atoms with van der Waals surface area (Å²) in [6.07, 6.45) is 12.6. The second kappa shape index (κ2) is 6.50. The van der Waals surface area contributed by atoms with Crippen LogP contribution in [0.5, 0.6) is 0 Å². The van der Waals surface area contributed by atoms with Gasteiger partial charge in [-0.1, -0.05) is 25.3 Å². The molecule has 0 spiro atoms. The average Bonchev–Trinajstić information content (AvgIpc) is 2.29. The minimum atomic E-state index is -0.112. The molecule has 0 atom stereocenters. The summed E-state index contributed by atoms with van der Waals surface area (Å²) in [5, 5.41) is 1.88. The van der Waals surface area contributed by atoms with E-state index in [1.165, 1.54) is 37.7 Å². The number of allylic oxidation sites excluding steroid dienone is 2. The van der Waals surface area contributed by atoms with Gasteiger partial charge in [-0.15, -0.1) is 0 Å². The molecule has 1 aliphatic rings. The van der Waals surface area contributed by atoms with Crippen LogP contribution in [0.15, 0.2) is 23.9 Å². The van der Waals surface area contributed by atoms with Crippen LogP contribution in [-0.2, 0) is 0 Å². The molecule has 1 rings (SSSR count). The van der Waals surface area contributed by atoms with Gasteiger partial charge in [-0.25, -0.2) is 5.84 Å². The Hall–Kier alpha value is -0.410. The quantitative estimate of drug-likeness (QED) is 0.347. The van der Waals surface area contributed by atoms with E-state index in [-0.39, 0.29) is 4.75 Å². The number of thiol groups is 1. The van der Waals surface area contributed by atoms with Gasteiger partial charge in [-0.05, 0) is 45.3 Å². The van der Waals surface area contributed by atoms with Gasteiger partial charge in [-0.3, -0.25) is 0 Å². The normalized spacial score (nSPS) is 19.9. The third-order valence-electron chi connectivity index (χ3n) is 3.44. The topological polar surface area (TPSA) is 29.3 Å². The third kappa shape index (κ3) is 4.76. The van der Waals surface area contributed by atoms with Gasteiger partial charge in [0.2, 0.25) is 0 Å². The van der Waals surface area contributed by atoms with Crippen LogP contribution in [0.1, 0.15) is 52.9 Å². The lowest BCUT2D eigenvalue weighted by Crippen LogP contribution is -2.38. The van der Waals surface area contributed by atoms with E-state index in [9.17, 15) is 0 Å². The number of hydrogen-bond donors (Lipinski definition) is 2. The fraction of sp³-hybridized carbons (Fsp3) is 0.714. The summed E-state index contributed by atoms with van der Waals surface area (Å²) in [6.45, 7) is 6.23. The van der Waals surface area contributed by atoms with Gasteiger partial charge >= 0.3 is 0 Å². The van der Waals surface area contributed by atoms with Crippen LogP contribution in [0.2, 0.25) is 0 Å². The van der Waals surface area contributed by atoms with E-state index in [2.05, 4.69) is 38.6 Å². The highest BCUT2D eigenvalue weighted by Gasteiger charge is 2.18. The molecule has 0 saturated heterocycles. The van der Waals surface area contributed by atoms with Gasteiger partial charge in [0.15, 0.2) is 0 Å². The highest BCUT2D eigenvalue weighted by molar-refractivity contribution is 7.82. The zero-order valence-corrected chi connectivity index (χ0v) is 12.2. The van der Waals surface area contributed by atoms with Crippen LogP contribution < -0.4 is 5.84 Å². The summed E-state index contributed by atoms with van der Waals surface area (Å²) in [5.74, 6) is 6.09. The zero-order chi connectivity index (χ0) is 12.9. The van der Waals surface area contributed by atoms with Crippen molar-refractivity contribution in [2.24, 2.45) is 5.84 Å². The minimum absolute atomic E-state index is 0.112. The smallest absolute Gasteiger partial charge is 0.0445 e. The van der Waals surface area contributed by atoms with Crippen molar-refractivity contribution in [2.45, 2.75) is 63.7 Å². The van der Waals surface area contributed by atoms with Crippen LogP contribution in [0.25, 0.3) is 0 Å². The van der Waals surface area contributed by atoms with Gasteiger partial charge in [0, 0.05) is 17.0 Å². The molecule has 0 aromatic rings. The molecule has 0 radical (unpaired) electrons. The molecule has 0 aliphatic heterocycles. The fourth-order valence-electron chi connectivity index (χ4n) is 2.32. The van der Waals surface area contributed by atoms with E-state index >= 15 is 0 Å². The Kier molecular flexibility index (Phi) is 5.60. The van der Waals surface area contributed by atoms with E-state index in [4.69, 9.17) is 5.84 Å². The van der Waals surface area contributed by atoms with Crippen molar-refractivity contribution in [3.05, 3.63) is 23.9 Å². The van der Waals surface area contributed by atoms with Crippen molar-refractivity contribution in [1.82, 2.24) is 5.01 Å². The molecule has 0 amide bonds. The summed E-state index contributed by atoms with van der Waals surface area (Å²) in [6, 6.07) is 0.515. The second-order valence-electron chi connectivity index (χ2n) is 5.36. The lowest BCUT2D eigenvalue weighted by Gasteiger charge is -2.30. The maximum absolute atomic E-state index is 6.09. The number of nitrogens with two attached hydrogens (primary N) is 1. The number of hydrogen-bond acceptors (Lipinski definition) is 3. The van der Waals surface area contributed by atoms with E-state index < -0.39 is 0 Å². The first kappa shape index (κ1) is 14.7. The van der Waals surface area contributed by atoms with Crippen LogP contribution in [-0.4, -0.2) is 15.8 Å². The summed E-state index contributed by atoms with van der Waals surface area (Å²) < 4.78 is -0.112. The van der Waals surface area contributed by atoms with Gasteiger partial charge in [-0.2, -0.15) is 12.6 Å². The van der Waals surface area contributed by atoms with Crippen LogP contribution in [0, 0.1) is 0 Å². The number of hydrazine groups is 1. The van der Waals surface area contributed by atoms with Crippen molar-refractivity contribution in [1.29, 1.82) is 0 Å². The van der Waals surface area contributed by atoms with Crippen LogP contribution in [0.3, 0.4) is 0 Å². The van der Waals surface area contributed by atoms with Gasteiger partial charge in [0.25, 0.3) is 0 Å². The van der Waals surface area contributed by atoms with Crippen molar-refractivity contribution >= 4 is 12.6 Å². The lowest BCUT2D eigenvalue weighted by molar-refractivity contribution is 0.222. The lowest BCUT2D eigenvalue weighted by atomic mass is 9.95. The molecular weight excluding hydrogens is 228 g/mol. The molecule has 2 nitrogen and oxygen atoms in total. The first-order valence-electron chi connectivity index (χ1n) is 6.55. The van der Waals surface area contributed by atoms with Crippen molar-refractivity contribution < 1.29 is 0 Å². The highest BCUT2D eigenvalue weighted by Crippen LogP contribution is 2.25. The molecule has 0 aromatic carbocycles. The van der Waals surface area contributed by atoms with E-state index in [1.54, 1.807) is 0 Å². The molecule has 0 bridgehead atoms. The maximum Gasteiger partial charge on any atom is 0.0445 e. The Morgan fingerprint density at radius 3 is 2.35 bits per heavy atom. The molecule has 3 heteroatoms. The van der Waals surface area contributed by atoms with E-state index in [0.717, 1.165) is 0 Å². The first-order chi connectivity index (χ1) is 7.95. The molecule has 1 fully saturated rings. The monoisotopic (exact) mass is 254 g/mol. The largest absolute Gasteiger partial charge is 0.315 e. The second-order valence-corrected chi connectivity index (χ2v) is 6.48. The maximum atomic E-state index is 6.09. The summed E-state index contributed by atoms with van der Waals surface area (Å²) in [4.78, 5) is 0. The van der Waals surface area contributed by atoms with Crippen LogP contribution in [0.4, 0.5) is 0 Å². The van der Waals surface area contributed by atoms with Crippen molar-refractivity contribution in [3.63, 3.8) is 0 Å². The fourth-order valence-corrected chi connectivity index (χ4v) is 2.52. The molecule has 0 unspecified atom stereocenters. The summed E-state index contributed by atoms with van der Waals surface area (Å²) >= 11 is 4.58. The first-order valence-corrected chi connectivity index (χ1v) is 7.00. The molecule has 2 N–H and O–H groups in total. The Labute approximate surface area is 111 Å². The number of nitrogens with zero attached hydrogens (tertiary/aromatic N) is 1. The number of rotatable bonds is 4.